The monoisotopic (exact) mass is 421 g/mol. The minimum atomic E-state index is 0.0819. The highest BCUT2D eigenvalue weighted by molar-refractivity contribution is 5.95. The number of hydrogen-bond acceptors (Lipinski definition) is 3. The molecule has 1 aliphatic heterocycles. The highest BCUT2D eigenvalue weighted by Gasteiger charge is 2.23. The first kappa shape index (κ1) is 22.9. The summed E-state index contributed by atoms with van der Waals surface area (Å²) in [5.74, 6) is 0.315. The number of amides is 2. The van der Waals surface area contributed by atoms with Crippen molar-refractivity contribution in [3.8, 4) is 0 Å². The summed E-state index contributed by atoms with van der Waals surface area (Å²) in [5.41, 5.74) is 3.78. The van der Waals surface area contributed by atoms with Crippen molar-refractivity contribution in [2.45, 2.75) is 46.5 Å². The molecule has 2 aromatic carbocycles. The summed E-state index contributed by atoms with van der Waals surface area (Å²) in [6, 6.07) is 15.8. The number of nitrogens with zero attached hydrogens (tertiary/aromatic N) is 2. The van der Waals surface area contributed by atoms with Gasteiger partial charge >= 0.3 is 0 Å². The number of carbonyl (C=O) groups excluding carboxylic acids is 2. The highest BCUT2D eigenvalue weighted by Crippen LogP contribution is 2.22. The van der Waals surface area contributed by atoms with Gasteiger partial charge in [0.2, 0.25) is 5.91 Å². The number of piperazine rings is 1. The van der Waals surface area contributed by atoms with Crippen LogP contribution in [0, 0.1) is 12.8 Å². The molecule has 0 radical (unpaired) electrons. The van der Waals surface area contributed by atoms with Crippen LogP contribution in [-0.2, 0) is 4.79 Å². The molecule has 1 heterocycles. The van der Waals surface area contributed by atoms with E-state index < -0.39 is 0 Å². The number of rotatable bonds is 8. The molecular weight excluding hydrogens is 386 g/mol. The molecule has 0 unspecified atom stereocenters. The van der Waals surface area contributed by atoms with Crippen molar-refractivity contribution in [2.75, 3.05) is 36.4 Å². The maximum atomic E-state index is 12.8. The quantitative estimate of drug-likeness (QED) is 0.644. The van der Waals surface area contributed by atoms with Gasteiger partial charge in [-0.05, 0) is 55.7 Å². The third-order valence-electron chi connectivity index (χ3n) is 6.21. The predicted molar refractivity (Wildman–Crippen MR) is 128 cm³/mol. The molecule has 166 valence electrons. The molecule has 1 saturated heterocycles. The first-order valence-electron chi connectivity index (χ1n) is 11.5. The molecule has 0 saturated carbocycles. The second-order valence-electron chi connectivity index (χ2n) is 8.38. The van der Waals surface area contributed by atoms with Gasteiger partial charge in [0.1, 0.15) is 0 Å². The van der Waals surface area contributed by atoms with Gasteiger partial charge in [-0.3, -0.25) is 9.59 Å². The standard InChI is InChI=1S/C26H35N3O2/c1-4-6-10-21(5-2)25(30)27-22-12-14-23(15-13-22)28-16-18-29(19-17-28)26(31)24-11-8-7-9-20(24)3/h7-9,11-15,21H,4-6,10,16-19H2,1-3H3,(H,27,30)/t21-/m1/s1. The molecule has 5 heteroatoms. The van der Waals surface area contributed by atoms with Gasteiger partial charge in [0.15, 0.2) is 0 Å². The van der Waals surface area contributed by atoms with E-state index in [1.54, 1.807) is 0 Å². The Morgan fingerprint density at radius 1 is 0.968 bits per heavy atom. The molecule has 5 nitrogen and oxygen atoms in total. The number of hydrogen-bond donors (Lipinski definition) is 1. The summed E-state index contributed by atoms with van der Waals surface area (Å²) < 4.78 is 0. The fourth-order valence-corrected chi connectivity index (χ4v) is 4.12. The summed E-state index contributed by atoms with van der Waals surface area (Å²) in [7, 11) is 0. The van der Waals surface area contributed by atoms with Crippen LogP contribution in [0.2, 0.25) is 0 Å². The molecule has 1 aliphatic rings. The Kier molecular flexibility index (Phi) is 8.10. The van der Waals surface area contributed by atoms with Gasteiger partial charge in [0.25, 0.3) is 5.91 Å². The maximum Gasteiger partial charge on any atom is 0.254 e. The van der Waals surface area contributed by atoms with Gasteiger partial charge in [0, 0.05) is 49.0 Å². The van der Waals surface area contributed by atoms with Crippen LogP contribution in [-0.4, -0.2) is 42.9 Å². The van der Waals surface area contributed by atoms with Gasteiger partial charge in [-0.25, -0.2) is 0 Å². The normalized spacial score (nSPS) is 14.9. The van der Waals surface area contributed by atoms with Crippen LogP contribution < -0.4 is 10.2 Å². The molecule has 0 bridgehead atoms. The van der Waals surface area contributed by atoms with Crippen molar-refractivity contribution in [3.63, 3.8) is 0 Å². The molecule has 2 aromatic rings. The largest absolute Gasteiger partial charge is 0.368 e. The zero-order valence-corrected chi connectivity index (χ0v) is 19.1. The van der Waals surface area contributed by atoms with Crippen LogP contribution in [0.15, 0.2) is 48.5 Å². The summed E-state index contributed by atoms with van der Waals surface area (Å²) >= 11 is 0. The second kappa shape index (κ2) is 11.0. The molecule has 3 rings (SSSR count). The first-order chi connectivity index (χ1) is 15.0. The zero-order chi connectivity index (χ0) is 22.2. The fourth-order valence-electron chi connectivity index (χ4n) is 4.12. The van der Waals surface area contributed by atoms with Crippen molar-refractivity contribution >= 4 is 23.2 Å². The second-order valence-corrected chi connectivity index (χ2v) is 8.38. The Bertz CT molecular complexity index is 870. The van der Waals surface area contributed by atoms with Crippen molar-refractivity contribution < 1.29 is 9.59 Å². The van der Waals surface area contributed by atoms with Crippen LogP contribution in [0.5, 0.6) is 0 Å². The minimum absolute atomic E-state index is 0.0819. The highest BCUT2D eigenvalue weighted by atomic mass is 16.2. The number of nitrogens with one attached hydrogen (secondary N) is 1. The summed E-state index contributed by atoms with van der Waals surface area (Å²) in [6.07, 6.45) is 4.02. The van der Waals surface area contributed by atoms with Crippen LogP contribution >= 0.6 is 0 Å². The molecule has 0 spiro atoms. The lowest BCUT2D eigenvalue weighted by Gasteiger charge is -2.36. The predicted octanol–water partition coefficient (Wildman–Crippen LogP) is 5.11. The van der Waals surface area contributed by atoms with Crippen LogP contribution in [0.1, 0.15) is 55.5 Å². The molecule has 1 N–H and O–H groups in total. The first-order valence-corrected chi connectivity index (χ1v) is 11.5. The topological polar surface area (TPSA) is 52.7 Å². The van der Waals surface area contributed by atoms with Gasteiger partial charge in [-0.15, -0.1) is 0 Å². The molecule has 2 amide bonds. The molecule has 0 aromatic heterocycles. The van der Waals surface area contributed by atoms with Crippen molar-refractivity contribution in [1.82, 2.24) is 4.90 Å². The maximum absolute atomic E-state index is 12.8. The van der Waals surface area contributed by atoms with E-state index in [4.69, 9.17) is 0 Å². The molecule has 31 heavy (non-hydrogen) atoms. The lowest BCUT2D eigenvalue weighted by atomic mass is 9.98. The smallest absolute Gasteiger partial charge is 0.254 e. The van der Waals surface area contributed by atoms with E-state index in [-0.39, 0.29) is 17.7 Å². The summed E-state index contributed by atoms with van der Waals surface area (Å²) in [6.45, 7) is 9.24. The van der Waals surface area contributed by atoms with Gasteiger partial charge in [0.05, 0.1) is 0 Å². The number of aryl methyl sites for hydroxylation is 1. The van der Waals surface area contributed by atoms with E-state index in [0.29, 0.717) is 13.1 Å². The van der Waals surface area contributed by atoms with E-state index in [0.717, 1.165) is 61.3 Å². The number of benzene rings is 2. The van der Waals surface area contributed by atoms with E-state index >= 15 is 0 Å². The van der Waals surface area contributed by atoms with E-state index in [1.807, 2.05) is 48.2 Å². The average molecular weight is 422 g/mol. The minimum Gasteiger partial charge on any atom is -0.368 e. The summed E-state index contributed by atoms with van der Waals surface area (Å²) in [4.78, 5) is 29.6. The Labute approximate surface area is 186 Å². The van der Waals surface area contributed by atoms with Crippen molar-refractivity contribution in [2.24, 2.45) is 5.92 Å². The van der Waals surface area contributed by atoms with E-state index in [2.05, 4.69) is 36.2 Å². The van der Waals surface area contributed by atoms with E-state index in [9.17, 15) is 9.59 Å². The van der Waals surface area contributed by atoms with Crippen LogP contribution in [0.3, 0.4) is 0 Å². The van der Waals surface area contributed by atoms with E-state index in [1.165, 1.54) is 0 Å². The fraction of sp³-hybridized carbons (Fsp3) is 0.462. The van der Waals surface area contributed by atoms with Gasteiger partial charge in [-0.1, -0.05) is 44.9 Å². The molecule has 0 aliphatic carbocycles. The Morgan fingerprint density at radius 2 is 1.65 bits per heavy atom. The molecule has 1 atom stereocenters. The zero-order valence-electron chi connectivity index (χ0n) is 19.1. The molecule has 1 fully saturated rings. The number of unbranched alkanes of at least 4 members (excludes halogenated alkanes) is 1. The molecular formula is C26H35N3O2. The van der Waals surface area contributed by atoms with Crippen LogP contribution in [0.25, 0.3) is 0 Å². The van der Waals surface area contributed by atoms with Crippen LogP contribution in [0.4, 0.5) is 11.4 Å². The lowest BCUT2D eigenvalue weighted by molar-refractivity contribution is -0.120. The number of carbonyl (C=O) groups is 2. The van der Waals surface area contributed by atoms with Crippen molar-refractivity contribution in [1.29, 1.82) is 0 Å². The number of anilines is 2. The Morgan fingerprint density at radius 3 is 2.26 bits per heavy atom. The SMILES string of the molecule is CCCC[C@@H](CC)C(=O)Nc1ccc(N2CCN(C(=O)c3ccccc3C)CC2)cc1. The van der Waals surface area contributed by atoms with Crippen molar-refractivity contribution in [3.05, 3.63) is 59.7 Å². The third kappa shape index (κ3) is 5.87. The Balaban J connectivity index is 1.54. The Hall–Kier alpha value is -2.82. The average Bonchev–Trinajstić information content (AvgIpc) is 2.80. The van der Waals surface area contributed by atoms with Gasteiger partial charge < -0.3 is 15.1 Å². The third-order valence-corrected chi connectivity index (χ3v) is 6.21. The van der Waals surface area contributed by atoms with Gasteiger partial charge in [-0.2, -0.15) is 0 Å². The summed E-state index contributed by atoms with van der Waals surface area (Å²) in [5, 5.41) is 3.07. The lowest BCUT2D eigenvalue weighted by Crippen LogP contribution is -2.48.